The van der Waals surface area contributed by atoms with Crippen LogP contribution in [0.3, 0.4) is 0 Å². The maximum Gasteiger partial charge on any atom is 0.411 e. The van der Waals surface area contributed by atoms with Gasteiger partial charge in [0.1, 0.15) is 0 Å². The van der Waals surface area contributed by atoms with Crippen molar-refractivity contribution in [2.75, 3.05) is 126 Å². The van der Waals surface area contributed by atoms with Crippen molar-refractivity contribution in [2.45, 2.75) is 122 Å². The Morgan fingerprint density at radius 3 is 0.615 bits per heavy atom. The molecule has 16 aromatic carbocycles. The summed E-state index contributed by atoms with van der Waals surface area (Å²) in [5.74, 6) is 6.81. The van der Waals surface area contributed by atoms with E-state index in [9.17, 15) is 39.6 Å². The van der Waals surface area contributed by atoms with E-state index in [1.165, 1.54) is 131 Å². The van der Waals surface area contributed by atoms with Gasteiger partial charge in [0.25, 0.3) is 0 Å². The maximum absolute atomic E-state index is 13.7. The van der Waals surface area contributed by atoms with E-state index in [1.807, 2.05) is 192 Å². The Morgan fingerprint density at radius 1 is 0.230 bits per heavy atom. The zero-order valence-corrected chi connectivity index (χ0v) is 88.4. The Bertz CT molecular complexity index is 6440. The van der Waals surface area contributed by atoms with Crippen LogP contribution < -0.4 is 91.7 Å². The molecule has 0 saturated carbocycles. The number of hydrogen-bond acceptors (Lipinski definition) is 25. The van der Waals surface area contributed by atoms with Gasteiger partial charge in [-0.2, -0.15) is 26.3 Å². The molecule has 0 bridgehead atoms. The summed E-state index contributed by atoms with van der Waals surface area (Å²) in [5.41, 5.74) is 103. The molecule has 0 amide bonds. The quantitative estimate of drug-likeness (QED) is 0.00680. The molecule has 0 spiro atoms. The lowest BCUT2D eigenvalue weighted by atomic mass is 9.73. The molecule has 32 N–H and O–H groups in total. The smallest absolute Gasteiger partial charge is 0.399 e. The normalized spacial score (nSPS) is 11.1. The largest absolute Gasteiger partial charge is 0.411 e. The van der Waals surface area contributed by atoms with E-state index in [4.69, 9.17) is 91.7 Å². The van der Waals surface area contributed by atoms with E-state index in [0.717, 1.165) is 128 Å². The molecule has 16 aromatic rings. The number of anilines is 16. The fraction of sp³-hybridized carbons (Fsp3) is 0.164. The lowest BCUT2D eigenvalue weighted by Crippen LogP contribution is -2.54. The number of hydrogen-bond donors (Lipinski definition) is 16. The molecule has 32 heteroatoms. The molecule has 148 heavy (non-hydrogen) atoms. The molecule has 0 unspecified atom stereocenters. The molecule has 19 nitrogen and oxygen atoms in total. The minimum Gasteiger partial charge on any atom is -0.399 e. The van der Waals surface area contributed by atoms with Crippen LogP contribution in [0.25, 0.3) is 11.1 Å². The van der Waals surface area contributed by atoms with Gasteiger partial charge in [-0.05, 0) is 423 Å². The summed E-state index contributed by atoms with van der Waals surface area (Å²) in [6.45, 7) is 8.54. The summed E-state index contributed by atoms with van der Waals surface area (Å²) < 4.78 is 106. The Labute approximate surface area is 890 Å². The second kappa shape index (κ2) is 57.7. The standard InChI is InChI=1S/C17H22N2S2.C16H20N2S2.C15H12F6N2.C15H18N2.C14H16N2S2.C14H16N2.C13H12N2O.C12H12N2O2S/c18-14-4-8-16(9-5-14)20-12-2-1-3-13-21-17-10-6-15(19)7-11-17;17-13-3-7-15(8-4-13)19-11-1-2-12-20-16-9-5-14(18)6-10-16;16-14(17,18)13(15(19,20)21,9-1-5-11(22)6-2-9)10-3-7-12(23)8-4-10;1-15(2,11-3-7-13(16)8-4-11)12-5-9-14(17)10-6-12;15-11-1-5-13(6-2-11)17-9-10-18-14-7-3-12(16)4-8-14;1-9-7-11(15)3-5-13(9)14-6-4-12(16)8-10(14)2;14-11-5-1-9(2-6-11)13(16)10-3-7-12(15)8-4-10;13-9-1-5-11(6-2-9)17(15,16)12-7-3-10(14)4-8-12/h4-11H,1-3,12-13,18-19H2;3-10H,1-2,11-12,17-18H2;1-8H,22-23H2;3-10H,16-17H2,1-2H3;1-8H,9-10,15-16H2;3-8H,15-16H2,1-2H3;1-8H,14-15H2;1-8H,13-14H2. The molecule has 774 valence electrons. The Hall–Kier alpha value is -14.4. The van der Waals surface area contributed by atoms with Crippen molar-refractivity contribution >= 4 is 177 Å². The number of thioether (sulfide) groups is 6. The highest BCUT2D eigenvalue weighted by Crippen LogP contribution is 2.56. The summed E-state index contributed by atoms with van der Waals surface area (Å²) in [6.07, 6.45) is -4.96. The van der Waals surface area contributed by atoms with Gasteiger partial charge >= 0.3 is 12.4 Å². The van der Waals surface area contributed by atoms with Crippen LogP contribution in [0.2, 0.25) is 0 Å². The fourth-order valence-electron chi connectivity index (χ4n) is 14.3. The van der Waals surface area contributed by atoms with Gasteiger partial charge in [-0.1, -0.05) is 80.9 Å². The van der Waals surface area contributed by atoms with Gasteiger partial charge in [0.15, 0.2) is 5.78 Å². The number of nitrogens with two attached hydrogens (primary N) is 16. The summed E-state index contributed by atoms with van der Waals surface area (Å²) in [6, 6.07) is 109. The monoisotopic (exact) mass is 2130 g/mol. The highest BCUT2D eigenvalue weighted by molar-refractivity contribution is 8.03. The van der Waals surface area contributed by atoms with E-state index in [1.54, 1.807) is 72.8 Å². The van der Waals surface area contributed by atoms with Gasteiger partial charge in [-0.15, -0.1) is 70.6 Å². The van der Waals surface area contributed by atoms with Gasteiger partial charge in [0, 0.05) is 148 Å². The number of rotatable bonds is 29. The molecule has 0 aliphatic rings. The van der Waals surface area contributed by atoms with Crippen molar-refractivity contribution in [3.63, 3.8) is 0 Å². The number of halogens is 6. The summed E-state index contributed by atoms with van der Waals surface area (Å²) in [4.78, 5) is 20.2. The lowest BCUT2D eigenvalue weighted by Gasteiger charge is -2.38. The highest BCUT2D eigenvalue weighted by Gasteiger charge is 2.72. The van der Waals surface area contributed by atoms with Crippen molar-refractivity contribution in [1.29, 1.82) is 0 Å². The number of carbonyl (C=O) groups excluding carboxylic acids is 1. The lowest BCUT2D eigenvalue weighted by molar-refractivity contribution is -0.288. The number of aryl methyl sites for hydroxylation is 2. The minimum atomic E-state index is -5.61. The zero-order valence-electron chi connectivity index (χ0n) is 82.7. The van der Waals surface area contributed by atoms with Crippen molar-refractivity contribution in [3.8, 4) is 11.1 Å². The molecule has 0 aliphatic heterocycles. The Morgan fingerprint density at radius 2 is 0.405 bits per heavy atom. The average Bonchev–Trinajstić information content (AvgIpc) is 0.714. The molecule has 0 saturated heterocycles. The molecule has 16 rings (SSSR count). The van der Waals surface area contributed by atoms with Crippen molar-refractivity contribution < 1.29 is 39.6 Å². The predicted octanol–water partition coefficient (Wildman–Crippen LogP) is 27.5. The van der Waals surface area contributed by atoms with E-state index in [2.05, 4.69) is 137 Å². The number of ketones is 1. The summed E-state index contributed by atoms with van der Waals surface area (Å²) in [5, 5.41) is 0. The van der Waals surface area contributed by atoms with Crippen LogP contribution in [-0.4, -0.2) is 61.1 Å². The van der Waals surface area contributed by atoms with Gasteiger partial charge in [0.05, 0.1) is 9.79 Å². The van der Waals surface area contributed by atoms with E-state index in [-0.39, 0.29) is 32.4 Å². The second-order valence-electron chi connectivity index (χ2n) is 34.5. The van der Waals surface area contributed by atoms with Gasteiger partial charge in [0.2, 0.25) is 15.3 Å². The Balaban J connectivity index is 0.000000188. The minimum absolute atomic E-state index is 0.0278. The zero-order chi connectivity index (χ0) is 108. The summed E-state index contributed by atoms with van der Waals surface area (Å²) in [7, 11) is -3.48. The van der Waals surface area contributed by atoms with Gasteiger partial charge < -0.3 is 91.7 Å². The number of alkyl halides is 6. The summed E-state index contributed by atoms with van der Waals surface area (Å²) >= 11 is 11.3. The van der Waals surface area contributed by atoms with Crippen LogP contribution in [0.4, 0.5) is 117 Å². The molecule has 0 heterocycles. The number of carbonyl (C=O) groups is 1. The van der Waals surface area contributed by atoms with Crippen LogP contribution in [0.5, 0.6) is 0 Å². The number of benzene rings is 16. The third kappa shape index (κ3) is 37.8. The first kappa shape index (κ1) is 117. The van der Waals surface area contributed by atoms with Crippen LogP contribution >= 0.6 is 70.6 Å². The first-order valence-corrected chi connectivity index (χ1v) is 54.3. The molecular weight excluding hydrogens is 2000 g/mol. The fourth-order valence-corrected chi connectivity index (χ4v) is 21.0. The second-order valence-corrected chi connectivity index (χ2v) is 43.5. The van der Waals surface area contributed by atoms with Gasteiger partial charge in [-0.25, -0.2) is 8.42 Å². The van der Waals surface area contributed by atoms with Crippen molar-refractivity contribution in [3.05, 3.63) is 421 Å². The predicted molar refractivity (Wildman–Crippen MR) is 623 cm³/mol. The molecule has 0 aliphatic carbocycles. The van der Waals surface area contributed by atoms with E-state index < -0.39 is 38.7 Å². The number of sulfone groups is 1. The topological polar surface area (TPSA) is 468 Å². The SMILES string of the molecule is CC(C)(c1ccc(N)cc1)c1ccc(N)cc1.Cc1cc(N)ccc1-c1ccc(N)cc1C.Nc1ccc(C(=O)c2ccc(N)cc2)cc1.Nc1ccc(C(c2ccc(N)cc2)(C(F)(F)F)C(F)(F)F)cc1.Nc1ccc(S(=O)(=O)c2ccc(N)cc2)cc1.Nc1ccc(SCCCCCSc2ccc(N)cc2)cc1.Nc1ccc(SCCCCSc2ccc(N)cc2)cc1.Nc1ccc(SCCSc2ccc(N)cc2)cc1. The highest BCUT2D eigenvalue weighted by atomic mass is 32.2. The molecule has 0 radical (unpaired) electrons. The number of nitrogen functional groups attached to an aromatic ring is 16. The van der Waals surface area contributed by atoms with Crippen LogP contribution in [0.1, 0.15) is 95.3 Å². The van der Waals surface area contributed by atoms with Gasteiger partial charge in [-0.3, -0.25) is 4.79 Å². The molecule has 0 atom stereocenters. The van der Waals surface area contributed by atoms with Crippen LogP contribution in [-0.2, 0) is 20.7 Å². The molecular formula is C116H128F6N16O3S7. The van der Waals surface area contributed by atoms with Crippen molar-refractivity contribution in [1.82, 2.24) is 0 Å². The average molecular weight is 2130 g/mol. The third-order valence-electron chi connectivity index (χ3n) is 22.6. The van der Waals surface area contributed by atoms with E-state index >= 15 is 0 Å². The van der Waals surface area contributed by atoms with Crippen LogP contribution in [0, 0.1) is 13.8 Å². The Kier molecular flexibility index (Phi) is 45.6. The van der Waals surface area contributed by atoms with E-state index in [0.29, 0.717) is 33.9 Å². The third-order valence-corrected chi connectivity index (χ3v) is 31.1. The van der Waals surface area contributed by atoms with Crippen LogP contribution in [0.15, 0.2) is 415 Å². The number of unbranched alkanes of at least 4 members (excludes halogenated alkanes) is 3. The molecule has 0 fully saturated rings. The first-order valence-electron chi connectivity index (χ1n) is 46.9. The maximum atomic E-state index is 13.7. The molecule has 0 aromatic heterocycles. The first-order chi connectivity index (χ1) is 70.4. The van der Waals surface area contributed by atoms with Crippen molar-refractivity contribution in [2.24, 2.45) is 0 Å².